The van der Waals surface area contributed by atoms with Crippen LogP contribution in [0.3, 0.4) is 0 Å². The third-order valence-corrected chi connectivity index (χ3v) is 7.24. The average Bonchev–Trinajstić information content (AvgIpc) is 3.43. The number of rotatable bonds is 11. The Kier molecular flexibility index (Phi) is 15.9. The van der Waals surface area contributed by atoms with Crippen LogP contribution in [0.4, 0.5) is 15.9 Å². The lowest BCUT2D eigenvalue weighted by Gasteiger charge is -2.29. The van der Waals surface area contributed by atoms with E-state index in [1.54, 1.807) is 22.8 Å². The number of nitrogens with one attached hydrogen (secondary N) is 2. The van der Waals surface area contributed by atoms with Crippen LogP contribution in [0, 0.1) is 11.2 Å². The molecule has 3 aromatic rings. The van der Waals surface area contributed by atoms with Gasteiger partial charge in [0.25, 0.3) is 0 Å². The molecule has 3 rings (SSSR count). The van der Waals surface area contributed by atoms with Crippen LogP contribution in [-0.2, 0) is 4.74 Å². The molecule has 0 aliphatic rings. The first kappa shape index (κ1) is 38.7. The Morgan fingerprint density at radius 1 is 1.24 bits per heavy atom. The number of carbonyl (C=O) groups is 1. The summed E-state index contributed by atoms with van der Waals surface area (Å²) < 4.78 is 19.5. The minimum absolute atomic E-state index is 0.00570. The number of hydrogen-bond acceptors (Lipinski definition) is 10. The number of fused-ring (bicyclic) bond motifs is 1. The first-order valence-corrected chi connectivity index (χ1v) is 14.7. The molecule has 2 atom stereocenters. The lowest BCUT2D eigenvalue weighted by Crippen LogP contribution is -2.40. The second-order valence-corrected chi connectivity index (χ2v) is 11.2. The van der Waals surface area contributed by atoms with Gasteiger partial charge >= 0.3 is 5.97 Å². The average molecular weight is 627 g/mol. The maximum atomic E-state index is 13.0. The fraction of sp³-hybridized carbons (Fsp3) is 0.455. The summed E-state index contributed by atoms with van der Waals surface area (Å²) >= 11 is 0. The number of aliphatic hydroxyl groups excluding tert-OH is 1. The molecule has 12 heteroatoms. The standard InChI is InChI=1S/C17H23N5O2.C15H24FN3.CH4O/c1-5-12(8-6-7-11(2)19-3)14-13(17(23)24-4)9-22-15(14)16(18)20-10-21-22;1-11(15(3,4)5)18-19(12(2)17-6)14-9-7-13(16)8-10-14;1-2/h5,7,9-10,12,19H,1,6,8H2,2-4H3,(H2,18,20,21);7-10,12,17H,1-6H3;2H,1H3/b11-7+;18-11+;. The van der Waals surface area contributed by atoms with Gasteiger partial charge in [-0.25, -0.2) is 23.7 Å². The van der Waals surface area contributed by atoms with E-state index in [-0.39, 0.29) is 23.3 Å². The van der Waals surface area contributed by atoms with E-state index in [0.717, 1.165) is 42.6 Å². The van der Waals surface area contributed by atoms with Gasteiger partial charge in [-0.1, -0.05) is 32.9 Å². The fourth-order valence-electron chi connectivity index (χ4n) is 4.06. The molecule has 45 heavy (non-hydrogen) atoms. The number of benzene rings is 1. The Morgan fingerprint density at radius 2 is 1.87 bits per heavy atom. The molecule has 0 spiro atoms. The highest BCUT2D eigenvalue weighted by atomic mass is 19.1. The number of nitrogen functional groups attached to an aromatic ring is 1. The number of esters is 1. The number of carbonyl (C=O) groups excluding carboxylic acids is 1. The second-order valence-electron chi connectivity index (χ2n) is 11.2. The molecule has 2 unspecified atom stereocenters. The van der Waals surface area contributed by atoms with Crippen molar-refractivity contribution in [2.75, 3.05) is 39.1 Å². The maximum absolute atomic E-state index is 13.0. The molecule has 1 aromatic carbocycles. The van der Waals surface area contributed by atoms with E-state index in [0.29, 0.717) is 16.9 Å². The molecule has 0 aliphatic heterocycles. The van der Waals surface area contributed by atoms with Gasteiger partial charge in [0.1, 0.15) is 17.7 Å². The number of hydrazone groups is 1. The SMILES string of the molecule is C=CC(CC/C=C(\C)NC)c1c(C(=O)OC)cn2ncnc(N)c12.CNC(C)N(/N=C(\C)C(C)(C)C)c1ccc(F)cc1.CO. The van der Waals surface area contributed by atoms with Crippen molar-refractivity contribution in [3.8, 4) is 0 Å². The van der Waals surface area contributed by atoms with Gasteiger partial charge < -0.3 is 20.9 Å². The molecule has 0 saturated carbocycles. The number of aromatic nitrogens is 3. The highest BCUT2D eigenvalue weighted by Crippen LogP contribution is 2.33. The van der Waals surface area contributed by atoms with E-state index >= 15 is 0 Å². The molecule has 11 nitrogen and oxygen atoms in total. The normalized spacial score (nSPS) is 13.1. The van der Waals surface area contributed by atoms with Crippen molar-refractivity contribution in [2.45, 2.75) is 66.5 Å². The van der Waals surface area contributed by atoms with Crippen LogP contribution in [0.5, 0.6) is 0 Å². The number of ether oxygens (including phenoxy) is 1. The number of nitrogens with zero attached hydrogens (tertiary/aromatic N) is 5. The molecule has 0 amide bonds. The molecule has 0 saturated heterocycles. The van der Waals surface area contributed by atoms with Gasteiger partial charge in [-0.15, -0.1) is 6.58 Å². The number of halogens is 1. The molecule has 2 heterocycles. The number of anilines is 2. The summed E-state index contributed by atoms with van der Waals surface area (Å²) in [6, 6.07) is 6.38. The molecule has 0 radical (unpaired) electrons. The molecule has 5 N–H and O–H groups in total. The second kappa shape index (κ2) is 18.5. The van der Waals surface area contributed by atoms with Crippen molar-refractivity contribution in [3.05, 3.63) is 78.2 Å². The predicted molar refractivity (Wildman–Crippen MR) is 182 cm³/mol. The van der Waals surface area contributed by atoms with Crippen molar-refractivity contribution in [1.29, 1.82) is 0 Å². The largest absolute Gasteiger partial charge is 0.465 e. The monoisotopic (exact) mass is 626 g/mol. The van der Waals surface area contributed by atoms with Gasteiger partial charge in [-0.05, 0) is 64.9 Å². The number of hydrogen-bond donors (Lipinski definition) is 4. The topological polar surface area (TPSA) is 142 Å². The number of nitrogens with two attached hydrogens (primary N) is 1. The van der Waals surface area contributed by atoms with Crippen LogP contribution in [0.25, 0.3) is 5.52 Å². The first-order valence-electron chi connectivity index (χ1n) is 14.7. The summed E-state index contributed by atoms with van der Waals surface area (Å²) in [7, 11) is 6.11. The third kappa shape index (κ3) is 11.0. The van der Waals surface area contributed by atoms with Crippen molar-refractivity contribution >= 4 is 28.7 Å². The van der Waals surface area contributed by atoms with Crippen LogP contribution in [0.2, 0.25) is 0 Å². The lowest BCUT2D eigenvalue weighted by atomic mass is 9.91. The Labute approximate surface area is 267 Å². The van der Waals surface area contributed by atoms with E-state index in [1.165, 1.54) is 25.6 Å². The highest BCUT2D eigenvalue weighted by molar-refractivity contribution is 5.95. The van der Waals surface area contributed by atoms with Crippen LogP contribution in [0.15, 0.2) is 66.3 Å². The lowest BCUT2D eigenvalue weighted by molar-refractivity contribution is 0.0599. The fourth-order valence-corrected chi connectivity index (χ4v) is 4.06. The van der Waals surface area contributed by atoms with Crippen molar-refractivity contribution in [2.24, 2.45) is 10.5 Å². The zero-order chi connectivity index (χ0) is 34.3. The van der Waals surface area contributed by atoms with Crippen LogP contribution < -0.4 is 21.4 Å². The van der Waals surface area contributed by atoms with E-state index in [9.17, 15) is 9.18 Å². The summed E-state index contributed by atoms with van der Waals surface area (Å²) in [5.74, 6) is -0.414. The number of methoxy groups -OCH3 is 1. The summed E-state index contributed by atoms with van der Waals surface area (Å²) in [6.45, 7) is 16.3. The number of aliphatic hydroxyl groups is 1. The maximum Gasteiger partial charge on any atom is 0.339 e. The predicted octanol–water partition coefficient (Wildman–Crippen LogP) is 5.50. The molecule has 0 aliphatic carbocycles. The highest BCUT2D eigenvalue weighted by Gasteiger charge is 2.25. The van der Waals surface area contributed by atoms with E-state index in [2.05, 4.69) is 59.2 Å². The summed E-state index contributed by atoms with van der Waals surface area (Å²) in [5, 5.41) is 23.9. The van der Waals surface area contributed by atoms with E-state index < -0.39 is 5.97 Å². The molecule has 2 aromatic heterocycles. The van der Waals surface area contributed by atoms with Gasteiger partial charge in [0, 0.05) is 48.7 Å². The van der Waals surface area contributed by atoms with Crippen molar-refractivity contribution in [1.82, 2.24) is 25.2 Å². The van der Waals surface area contributed by atoms with Gasteiger partial charge in [0.2, 0.25) is 0 Å². The zero-order valence-corrected chi connectivity index (χ0v) is 28.3. The smallest absolute Gasteiger partial charge is 0.339 e. The Balaban J connectivity index is 0.000000438. The quantitative estimate of drug-likeness (QED) is 0.0714. The number of allylic oxidation sites excluding steroid dienone is 3. The van der Waals surface area contributed by atoms with E-state index in [4.69, 9.17) is 15.6 Å². The van der Waals surface area contributed by atoms with Gasteiger partial charge in [0.05, 0.1) is 24.5 Å². The minimum Gasteiger partial charge on any atom is -0.465 e. The summed E-state index contributed by atoms with van der Waals surface area (Å²) in [6.07, 6.45) is 8.54. The summed E-state index contributed by atoms with van der Waals surface area (Å²) in [5.41, 5.74) is 10.8. The van der Waals surface area contributed by atoms with Crippen LogP contribution >= 0.6 is 0 Å². The van der Waals surface area contributed by atoms with Crippen LogP contribution in [0.1, 0.15) is 76.2 Å². The Bertz CT molecular complexity index is 1430. The van der Waals surface area contributed by atoms with Gasteiger partial charge in [0.15, 0.2) is 5.82 Å². The molecule has 0 fully saturated rings. The van der Waals surface area contributed by atoms with Gasteiger partial charge in [-0.2, -0.15) is 10.2 Å². The first-order chi connectivity index (χ1) is 21.3. The minimum atomic E-state index is -0.427. The zero-order valence-electron chi connectivity index (χ0n) is 28.3. The van der Waals surface area contributed by atoms with Crippen molar-refractivity contribution < 1.29 is 19.0 Å². The van der Waals surface area contributed by atoms with Crippen molar-refractivity contribution in [3.63, 3.8) is 0 Å². The molecule has 248 valence electrons. The Morgan fingerprint density at radius 3 is 2.38 bits per heavy atom. The molecule has 0 bridgehead atoms. The molecular formula is C33H51FN8O3. The third-order valence-electron chi connectivity index (χ3n) is 7.24. The van der Waals surface area contributed by atoms with Gasteiger partial charge in [-0.3, -0.25) is 5.32 Å². The van der Waals surface area contributed by atoms with E-state index in [1.807, 2.05) is 46.0 Å². The summed E-state index contributed by atoms with van der Waals surface area (Å²) in [4.78, 5) is 16.2. The molecular weight excluding hydrogens is 575 g/mol. The Hall–Kier alpha value is -4.29. The van der Waals surface area contributed by atoms with Crippen LogP contribution in [-0.4, -0.2) is 65.9 Å².